The molecule has 0 aromatic heterocycles. The van der Waals surface area contributed by atoms with E-state index in [1.165, 1.54) is 0 Å². The molecular formula is C15H20ClN3O2. The minimum atomic E-state index is -0.288. The van der Waals surface area contributed by atoms with Gasteiger partial charge in [-0.15, -0.1) is 0 Å². The lowest BCUT2D eigenvalue weighted by atomic mass is 10.2. The molecule has 6 heteroatoms. The van der Waals surface area contributed by atoms with Crippen LogP contribution in [0.4, 0.5) is 4.79 Å². The van der Waals surface area contributed by atoms with Crippen LogP contribution in [0.25, 0.3) is 0 Å². The van der Waals surface area contributed by atoms with Crippen molar-refractivity contribution in [1.29, 1.82) is 0 Å². The van der Waals surface area contributed by atoms with Gasteiger partial charge in [-0.2, -0.15) is 0 Å². The van der Waals surface area contributed by atoms with Gasteiger partial charge in [0, 0.05) is 37.6 Å². The monoisotopic (exact) mass is 309 g/mol. The molecule has 1 saturated heterocycles. The minimum absolute atomic E-state index is 0.110. The average Bonchev–Trinajstić information content (AvgIpc) is 3.00. The quantitative estimate of drug-likeness (QED) is 0.875. The van der Waals surface area contributed by atoms with Crippen LogP contribution in [0.5, 0.6) is 0 Å². The van der Waals surface area contributed by atoms with Crippen LogP contribution in [0.1, 0.15) is 24.8 Å². The van der Waals surface area contributed by atoms with Crippen LogP contribution < -0.4 is 10.6 Å². The van der Waals surface area contributed by atoms with Gasteiger partial charge in [0.25, 0.3) is 0 Å². The highest BCUT2D eigenvalue weighted by molar-refractivity contribution is 6.31. The van der Waals surface area contributed by atoms with Crippen molar-refractivity contribution in [3.8, 4) is 0 Å². The van der Waals surface area contributed by atoms with Crippen molar-refractivity contribution < 1.29 is 9.59 Å². The Kier molecular flexibility index (Phi) is 5.87. The summed E-state index contributed by atoms with van der Waals surface area (Å²) in [7, 11) is 0. The number of hydrogen-bond acceptors (Lipinski definition) is 2. The van der Waals surface area contributed by atoms with Crippen molar-refractivity contribution in [3.63, 3.8) is 0 Å². The van der Waals surface area contributed by atoms with Gasteiger partial charge in [0.15, 0.2) is 0 Å². The molecule has 0 saturated carbocycles. The molecule has 2 rings (SSSR count). The molecule has 1 aromatic carbocycles. The van der Waals surface area contributed by atoms with Crippen molar-refractivity contribution >= 4 is 23.5 Å². The van der Waals surface area contributed by atoms with E-state index in [0.29, 0.717) is 24.5 Å². The highest BCUT2D eigenvalue weighted by Gasteiger charge is 2.17. The third-order valence-electron chi connectivity index (χ3n) is 3.48. The Hall–Kier alpha value is -1.75. The van der Waals surface area contributed by atoms with E-state index in [2.05, 4.69) is 10.6 Å². The summed E-state index contributed by atoms with van der Waals surface area (Å²) in [5.74, 6) is 0.110. The molecule has 21 heavy (non-hydrogen) atoms. The Labute approximate surface area is 129 Å². The number of likely N-dealkylation sites (tertiary alicyclic amines) is 1. The first-order valence-corrected chi connectivity index (χ1v) is 7.57. The van der Waals surface area contributed by atoms with E-state index < -0.39 is 0 Å². The zero-order valence-corrected chi connectivity index (χ0v) is 12.7. The van der Waals surface area contributed by atoms with E-state index >= 15 is 0 Å². The third kappa shape index (κ3) is 4.93. The molecule has 3 amide bonds. The summed E-state index contributed by atoms with van der Waals surface area (Å²) < 4.78 is 0. The number of rotatable bonds is 5. The summed E-state index contributed by atoms with van der Waals surface area (Å²) in [5, 5.41) is 6.04. The first-order chi connectivity index (χ1) is 10.2. The zero-order chi connectivity index (χ0) is 15.1. The van der Waals surface area contributed by atoms with Gasteiger partial charge in [0.2, 0.25) is 5.91 Å². The maximum absolute atomic E-state index is 11.8. The summed E-state index contributed by atoms with van der Waals surface area (Å²) in [5.41, 5.74) is 0.863. The second kappa shape index (κ2) is 7.88. The molecule has 2 N–H and O–H groups in total. The molecule has 1 fully saturated rings. The lowest BCUT2D eigenvalue weighted by Gasteiger charge is -2.15. The summed E-state index contributed by atoms with van der Waals surface area (Å²) in [6.07, 6.45) is 2.51. The molecule has 0 aliphatic carbocycles. The highest BCUT2D eigenvalue weighted by atomic mass is 35.5. The number of benzene rings is 1. The molecule has 0 atom stereocenters. The predicted molar refractivity (Wildman–Crippen MR) is 82.1 cm³/mol. The fraction of sp³-hybridized carbons (Fsp3) is 0.467. The number of amides is 3. The second-order valence-electron chi connectivity index (χ2n) is 5.04. The number of hydrogen-bond donors (Lipinski definition) is 2. The summed E-state index contributed by atoms with van der Waals surface area (Å²) in [4.78, 5) is 25.3. The van der Waals surface area contributed by atoms with Crippen molar-refractivity contribution in [2.45, 2.75) is 25.8 Å². The van der Waals surface area contributed by atoms with Crippen LogP contribution >= 0.6 is 11.6 Å². The zero-order valence-electron chi connectivity index (χ0n) is 11.9. The molecule has 1 aliphatic heterocycles. The molecule has 0 radical (unpaired) electrons. The molecule has 0 unspecified atom stereocenters. The lowest BCUT2D eigenvalue weighted by molar-refractivity contribution is -0.129. The maximum atomic E-state index is 11.8. The van der Waals surface area contributed by atoms with Gasteiger partial charge in [-0.1, -0.05) is 29.8 Å². The number of nitrogens with zero attached hydrogens (tertiary/aromatic N) is 1. The Morgan fingerprint density at radius 2 is 1.86 bits per heavy atom. The third-order valence-corrected chi connectivity index (χ3v) is 3.85. The minimum Gasteiger partial charge on any atom is -0.343 e. The van der Waals surface area contributed by atoms with E-state index in [4.69, 9.17) is 11.6 Å². The van der Waals surface area contributed by atoms with Gasteiger partial charge in [0.05, 0.1) is 0 Å². The second-order valence-corrected chi connectivity index (χ2v) is 5.45. The fourth-order valence-electron chi connectivity index (χ4n) is 2.29. The van der Waals surface area contributed by atoms with Crippen LogP contribution in [0.15, 0.2) is 24.3 Å². The maximum Gasteiger partial charge on any atom is 0.315 e. The van der Waals surface area contributed by atoms with Crippen molar-refractivity contribution in [3.05, 3.63) is 34.9 Å². The van der Waals surface area contributed by atoms with Gasteiger partial charge >= 0.3 is 6.03 Å². The number of carbonyl (C=O) groups excluding carboxylic acids is 2. The topological polar surface area (TPSA) is 61.4 Å². The summed E-state index contributed by atoms with van der Waals surface area (Å²) in [6.45, 7) is 2.41. The normalized spacial score (nSPS) is 14.0. The molecule has 5 nitrogen and oxygen atoms in total. The first-order valence-electron chi connectivity index (χ1n) is 7.19. The lowest BCUT2D eigenvalue weighted by Crippen LogP contribution is -2.38. The molecule has 0 bridgehead atoms. The molecular weight excluding hydrogens is 290 g/mol. The van der Waals surface area contributed by atoms with Crippen LogP contribution in [-0.2, 0) is 11.3 Å². The van der Waals surface area contributed by atoms with Crippen LogP contribution in [0.2, 0.25) is 5.02 Å². The Bertz CT molecular complexity index is 501. The van der Waals surface area contributed by atoms with Gasteiger partial charge in [-0.3, -0.25) is 4.79 Å². The van der Waals surface area contributed by atoms with Crippen molar-refractivity contribution in [2.75, 3.05) is 19.6 Å². The van der Waals surface area contributed by atoms with E-state index in [1.54, 1.807) is 6.07 Å². The Morgan fingerprint density at radius 1 is 1.14 bits per heavy atom. The summed E-state index contributed by atoms with van der Waals surface area (Å²) in [6, 6.07) is 7.07. The molecule has 114 valence electrons. The number of halogens is 1. The van der Waals surface area contributed by atoms with Crippen LogP contribution in [0, 0.1) is 0 Å². The summed E-state index contributed by atoms with van der Waals surface area (Å²) >= 11 is 6.00. The number of nitrogens with one attached hydrogen (secondary N) is 2. The molecule has 0 spiro atoms. The van der Waals surface area contributed by atoms with Crippen LogP contribution in [0.3, 0.4) is 0 Å². The average molecular weight is 310 g/mol. The smallest absolute Gasteiger partial charge is 0.315 e. The van der Waals surface area contributed by atoms with E-state index in [9.17, 15) is 9.59 Å². The van der Waals surface area contributed by atoms with E-state index in [-0.39, 0.29) is 11.9 Å². The Balaban J connectivity index is 1.63. The number of urea groups is 1. The molecule has 1 aliphatic rings. The van der Waals surface area contributed by atoms with Gasteiger partial charge in [-0.25, -0.2) is 4.79 Å². The fourth-order valence-corrected chi connectivity index (χ4v) is 2.49. The highest BCUT2D eigenvalue weighted by Crippen LogP contribution is 2.14. The van der Waals surface area contributed by atoms with E-state index in [1.807, 2.05) is 23.1 Å². The largest absolute Gasteiger partial charge is 0.343 e. The standard InChI is InChI=1S/C15H20ClN3O2/c16-13-6-2-1-5-12(13)11-18-15(21)17-8-7-14(20)19-9-3-4-10-19/h1-2,5-6H,3-4,7-11H2,(H2,17,18,21). The van der Waals surface area contributed by atoms with Gasteiger partial charge in [-0.05, 0) is 24.5 Å². The predicted octanol–water partition coefficient (Wildman–Crippen LogP) is 2.15. The van der Waals surface area contributed by atoms with E-state index in [0.717, 1.165) is 31.5 Å². The SMILES string of the molecule is O=C(NCCC(=O)N1CCCC1)NCc1ccccc1Cl. The first kappa shape index (κ1) is 15.6. The van der Waals surface area contributed by atoms with Crippen molar-refractivity contribution in [2.24, 2.45) is 0 Å². The van der Waals surface area contributed by atoms with Gasteiger partial charge in [0.1, 0.15) is 0 Å². The van der Waals surface area contributed by atoms with Crippen LogP contribution in [-0.4, -0.2) is 36.5 Å². The Morgan fingerprint density at radius 3 is 2.57 bits per heavy atom. The van der Waals surface area contributed by atoms with Gasteiger partial charge < -0.3 is 15.5 Å². The number of carbonyl (C=O) groups is 2. The van der Waals surface area contributed by atoms with Crippen molar-refractivity contribution in [1.82, 2.24) is 15.5 Å². The molecule has 1 aromatic rings. The molecule has 1 heterocycles.